The van der Waals surface area contributed by atoms with Gasteiger partial charge in [0.15, 0.2) is 0 Å². The molecule has 0 aromatic heterocycles. The van der Waals surface area contributed by atoms with E-state index in [4.69, 9.17) is 4.74 Å². The molecule has 2 nitrogen and oxygen atoms in total. The highest BCUT2D eigenvalue weighted by Gasteiger charge is 2.70. The Bertz CT molecular complexity index is 400. The molecule has 3 saturated carbocycles. The van der Waals surface area contributed by atoms with E-state index in [0.29, 0.717) is 17.9 Å². The third-order valence-corrected chi connectivity index (χ3v) is 6.10. The summed E-state index contributed by atoms with van der Waals surface area (Å²) < 4.78 is 5.25. The van der Waals surface area contributed by atoms with E-state index in [0.717, 1.165) is 24.2 Å². The van der Waals surface area contributed by atoms with E-state index < -0.39 is 0 Å². The number of carbonyl (C=O) groups is 1. The van der Waals surface area contributed by atoms with Crippen molar-refractivity contribution in [3.05, 3.63) is 12.2 Å². The van der Waals surface area contributed by atoms with Crippen LogP contribution in [0.2, 0.25) is 0 Å². The number of allylic oxidation sites excluding steroid dienone is 2. The summed E-state index contributed by atoms with van der Waals surface area (Å²) >= 11 is 0. The number of hydrogen-bond donors (Lipinski definition) is 0. The summed E-state index contributed by atoms with van der Waals surface area (Å²) in [5, 5.41) is 0. The lowest BCUT2D eigenvalue weighted by Crippen LogP contribution is -2.55. The fourth-order valence-corrected chi connectivity index (χ4v) is 5.64. The Balaban J connectivity index is 1.60. The molecule has 4 aliphatic rings. The lowest BCUT2D eigenvalue weighted by molar-refractivity contribution is -0.158. The van der Waals surface area contributed by atoms with E-state index in [1.165, 1.54) is 19.3 Å². The van der Waals surface area contributed by atoms with Crippen LogP contribution in [0.3, 0.4) is 0 Å². The summed E-state index contributed by atoms with van der Waals surface area (Å²) in [6.07, 6.45) is 9.91. The van der Waals surface area contributed by atoms with Gasteiger partial charge in [0.05, 0.1) is 12.5 Å². The zero-order valence-electron chi connectivity index (χ0n) is 10.4. The first-order valence-corrected chi connectivity index (χ1v) is 7.09. The highest BCUT2D eigenvalue weighted by molar-refractivity contribution is 5.73. The maximum absolute atomic E-state index is 12.0. The predicted molar refractivity (Wildman–Crippen MR) is 64.1 cm³/mol. The molecule has 0 aromatic carbocycles. The quantitative estimate of drug-likeness (QED) is 0.540. The Kier molecular flexibility index (Phi) is 1.88. The molecule has 92 valence electrons. The van der Waals surface area contributed by atoms with Crippen molar-refractivity contribution in [3.8, 4) is 0 Å². The monoisotopic (exact) mass is 232 g/mol. The summed E-state index contributed by atoms with van der Waals surface area (Å²) in [7, 11) is 0. The molecule has 4 rings (SSSR count). The van der Waals surface area contributed by atoms with Crippen molar-refractivity contribution in [2.75, 3.05) is 6.61 Å². The number of hydrogen-bond acceptors (Lipinski definition) is 2. The van der Waals surface area contributed by atoms with Gasteiger partial charge < -0.3 is 4.74 Å². The van der Waals surface area contributed by atoms with Gasteiger partial charge in [-0.3, -0.25) is 4.79 Å². The van der Waals surface area contributed by atoms with Crippen molar-refractivity contribution in [1.29, 1.82) is 0 Å². The van der Waals surface area contributed by atoms with E-state index in [9.17, 15) is 4.79 Å². The molecule has 0 heterocycles. The summed E-state index contributed by atoms with van der Waals surface area (Å²) in [6.45, 7) is 2.44. The average molecular weight is 232 g/mol. The molecule has 2 heteroatoms. The third kappa shape index (κ3) is 1.05. The van der Waals surface area contributed by atoms with E-state index in [1.807, 2.05) is 6.92 Å². The van der Waals surface area contributed by atoms with E-state index >= 15 is 0 Å². The minimum atomic E-state index is 0.0869. The van der Waals surface area contributed by atoms with Crippen LogP contribution in [-0.2, 0) is 9.53 Å². The van der Waals surface area contributed by atoms with Gasteiger partial charge in [0.1, 0.15) is 0 Å². The molecule has 4 aliphatic carbocycles. The molecule has 4 bridgehead atoms. The minimum Gasteiger partial charge on any atom is -0.466 e. The molecular formula is C15H20O2. The number of esters is 1. The Labute approximate surface area is 102 Å². The second-order valence-corrected chi connectivity index (χ2v) is 6.45. The van der Waals surface area contributed by atoms with Crippen LogP contribution < -0.4 is 0 Å². The Morgan fingerprint density at radius 1 is 1.47 bits per heavy atom. The fraction of sp³-hybridized carbons (Fsp3) is 0.800. The predicted octanol–water partition coefficient (Wildman–Crippen LogP) is 2.79. The minimum absolute atomic E-state index is 0.0869. The van der Waals surface area contributed by atoms with Crippen LogP contribution in [0.1, 0.15) is 32.6 Å². The fourth-order valence-electron chi connectivity index (χ4n) is 5.64. The van der Waals surface area contributed by atoms with Gasteiger partial charge in [-0.2, -0.15) is 0 Å². The second kappa shape index (κ2) is 3.15. The van der Waals surface area contributed by atoms with Crippen molar-refractivity contribution < 1.29 is 9.53 Å². The molecule has 17 heavy (non-hydrogen) atoms. The van der Waals surface area contributed by atoms with E-state index in [2.05, 4.69) is 12.2 Å². The Morgan fingerprint density at radius 2 is 2.35 bits per heavy atom. The SMILES string of the molecule is CCOC(=O)C1CC2CC1C1C3C=CCC21C3. The molecular weight excluding hydrogens is 212 g/mol. The van der Waals surface area contributed by atoms with Gasteiger partial charge >= 0.3 is 5.97 Å². The number of ether oxygens (including phenoxy) is 1. The summed E-state index contributed by atoms with van der Waals surface area (Å²) in [5.41, 5.74) is 0.618. The van der Waals surface area contributed by atoms with Gasteiger partial charge in [0.25, 0.3) is 0 Å². The summed E-state index contributed by atoms with van der Waals surface area (Å²) in [6, 6.07) is 0. The van der Waals surface area contributed by atoms with Crippen molar-refractivity contribution in [1.82, 2.24) is 0 Å². The molecule has 6 atom stereocenters. The van der Waals surface area contributed by atoms with Crippen LogP contribution in [-0.4, -0.2) is 12.6 Å². The number of carbonyl (C=O) groups excluding carboxylic acids is 1. The van der Waals surface area contributed by atoms with Crippen LogP contribution in [0.15, 0.2) is 12.2 Å². The van der Waals surface area contributed by atoms with Crippen LogP contribution >= 0.6 is 0 Å². The summed E-state index contributed by atoms with van der Waals surface area (Å²) in [5.74, 6) is 3.38. The van der Waals surface area contributed by atoms with Crippen LogP contribution in [0, 0.1) is 35.0 Å². The lowest BCUT2D eigenvalue weighted by atomic mass is 9.44. The van der Waals surface area contributed by atoms with Gasteiger partial charge in [0, 0.05) is 0 Å². The van der Waals surface area contributed by atoms with Gasteiger partial charge in [-0.25, -0.2) is 0 Å². The molecule has 0 N–H and O–H groups in total. The number of rotatable bonds is 2. The zero-order chi connectivity index (χ0) is 11.6. The van der Waals surface area contributed by atoms with Gasteiger partial charge in [-0.15, -0.1) is 0 Å². The van der Waals surface area contributed by atoms with Crippen molar-refractivity contribution in [2.24, 2.45) is 35.0 Å². The highest BCUT2D eigenvalue weighted by atomic mass is 16.5. The molecule has 0 saturated heterocycles. The Hall–Kier alpha value is -0.790. The third-order valence-electron chi connectivity index (χ3n) is 6.10. The van der Waals surface area contributed by atoms with Crippen LogP contribution in [0.5, 0.6) is 0 Å². The van der Waals surface area contributed by atoms with Gasteiger partial charge in [-0.05, 0) is 61.7 Å². The largest absolute Gasteiger partial charge is 0.466 e. The first-order chi connectivity index (χ1) is 8.26. The molecule has 0 aliphatic heterocycles. The maximum Gasteiger partial charge on any atom is 0.309 e. The average Bonchev–Trinajstić information content (AvgIpc) is 2.83. The molecule has 3 fully saturated rings. The topological polar surface area (TPSA) is 26.3 Å². The van der Waals surface area contributed by atoms with E-state index in [1.54, 1.807) is 0 Å². The lowest BCUT2D eigenvalue weighted by Gasteiger charge is -2.60. The van der Waals surface area contributed by atoms with Crippen molar-refractivity contribution in [2.45, 2.75) is 32.6 Å². The van der Waals surface area contributed by atoms with E-state index in [-0.39, 0.29) is 11.9 Å². The highest BCUT2D eigenvalue weighted by Crippen LogP contribution is 2.75. The first kappa shape index (κ1) is 10.2. The molecule has 6 unspecified atom stereocenters. The molecule has 0 amide bonds. The first-order valence-electron chi connectivity index (χ1n) is 7.09. The standard InChI is InChI=1S/C15H20O2/c1-2-17-14(16)12-7-10-6-11(12)13-9-4-3-5-15(10,13)8-9/h3-4,9-13H,2,5-8H2,1H3. The smallest absolute Gasteiger partial charge is 0.309 e. The summed E-state index contributed by atoms with van der Waals surface area (Å²) in [4.78, 5) is 12.0. The van der Waals surface area contributed by atoms with Gasteiger partial charge in [0.2, 0.25) is 0 Å². The van der Waals surface area contributed by atoms with Crippen molar-refractivity contribution >= 4 is 5.97 Å². The van der Waals surface area contributed by atoms with Crippen LogP contribution in [0.25, 0.3) is 0 Å². The normalized spacial score (nSPS) is 53.1. The van der Waals surface area contributed by atoms with Crippen LogP contribution in [0.4, 0.5) is 0 Å². The van der Waals surface area contributed by atoms with Crippen molar-refractivity contribution in [3.63, 3.8) is 0 Å². The Morgan fingerprint density at radius 3 is 3.12 bits per heavy atom. The second-order valence-electron chi connectivity index (χ2n) is 6.45. The number of fused-ring (bicyclic) bond motifs is 2. The van der Waals surface area contributed by atoms with Gasteiger partial charge in [-0.1, -0.05) is 12.2 Å². The molecule has 0 radical (unpaired) electrons. The zero-order valence-corrected chi connectivity index (χ0v) is 10.4. The molecule has 0 aromatic rings. The maximum atomic E-state index is 12.0. The molecule has 0 spiro atoms.